The number of anilines is 3. The molecule has 4 rings (SSSR count). The first-order valence-corrected chi connectivity index (χ1v) is 9.29. The standard InChI is InChI=1S/C20H26N6/c1-13-3-8-17(14(2)11-13)24-18-12-19(25-26-10-9-22-20(18)26)23-16-6-4-15(21)5-7-16/h3,8-12,15-16,24H,4-7,21H2,1-2H3,(H,23,25). The zero-order valence-corrected chi connectivity index (χ0v) is 15.4. The normalized spacial score (nSPS) is 20.3. The fraction of sp³-hybridized carbons (Fsp3) is 0.400. The van der Waals surface area contributed by atoms with Crippen LogP contribution in [0.5, 0.6) is 0 Å². The molecule has 0 saturated heterocycles. The molecule has 1 fully saturated rings. The van der Waals surface area contributed by atoms with E-state index in [-0.39, 0.29) is 0 Å². The Morgan fingerprint density at radius 3 is 2.65 bits per heavy atom. The predicted molar refractivity (Wildman–Crippen MR) is 106 cm³/mol. The van der Waals surface area contributed by atoms with Crippen LogP contribution in [0.2, 0.25) is 0 Å². The lowest BCUT2D eigenvalue weighted by Crippen LogP contribution is -2.33. The predicted octanol–water partition coefficient (Wildman–Crippen LogP) is 3.77. The average Bonchev–Trinajstić information content (AvgIpc) is 3.08. The molecule has 0 aliphatic heterocycles. The van der Waals surface area contributed by atoms with Crippen molar-refractivity contribution in [2.75, 3.05) is 10.6 Å². The lowest BCUT2D eigenvalue weighted by Gasteiger charge is -2.27. The summed E-state index contributed by atoms with van der Waals surface area (Å²) in [4.78, 5) is 4.45. The molecule has 0 spiro atoms. The number of fused-ring (bicyclic) bond motifs is 1. The van der Waals surface area contributed by atoms with Gasteiger partial charge in [-0.25, -0.2) is 9.50 Å². The molecule has 2 heterocycles. The lowest BCUT2D eigenvalue weighted by atomic mass is 9.92. The van der Waals surface area contributed by atoms with Gasteiger partial charge in [-0.05, 0) is 51.2 Å². The van der Waals surface area contributed by atoms with Crippen molar-refractivity contribution >= 4 is 22.8 Å². The molecule has 3 aromatic rings. The molecule has 1 aromatic carbocycles. The second kappa shape index (κ2) is 6.96. The molecule has 0 unspecified atom stereocenters. The second-order valence-corrected chi connectivity index (χ2v) is 7.34. The van der Waals surface area contributed by atoms with Crippen molar-refractivity contribution in [3.8, 4) is 0 Å². The van der Waals surface area contributed by atoms with Crippen LogP contribution in [-0.2, 0) is 0 Å². The Hall–Kier alpha value is -2.60. The van der Waals surface area contributed by atoms with Crippen molar-refractivity contribution in [3.05, 3.63) is 47.8 Å². The van der Waals surface area contributed by atoms with Crippen LogP contribution in [0.4, 0.5) is 17.2 Å². The van der Waals surface area contributed by atoms with Gasteiger partial charge in [0.1, 0.15) is 5.82 Å². The third-order valence-corrected chi connectivity index (χ3v) is 5.13. The van der Waals surface area contributed by atoms with Crippen LogP contribution < -0.4 is 16.4 Å². The third kappa shape index (κ3) is 3.51. The van der Waals surface area contributed by atoms with E-state index in [0.29, 0.717) is 12.1 Å². The van der Waals surface area contributed by atoms with Gasteiger partial charge in [-0.2, -0.15) is 0 Å². The molecule has 0 amide bonds. The van der Waals surface area contributed by atoms with Gasteiger partial charge in [0.25, 0.3) is 0 Å². The summed E-state index contributed by atoms with van der Waals surface area (Å²) in [5, 5.41) is 11.8. The quantitative estimate of drug-likeness (QED) is 0.667. The minimum absolute atomic E-state index is 0.346. The van der Waals surface area contributed by atoms with Crippen LogP contribution in [0.3, 0.4) is 0 Å². The first kappa shape index (κ1) is 16.8. The zero-order chi connectivity index (χ0) is 18.1. The summed E-state index contributed by atoms with van der Waals surface area (Å²) in [5.74, 6) is 0.864. The fourth-order valence-corrected chi connectivity index (χ4v) is 3.65. The van der Waals surface area contributed by atoms with Crippen LogP contribution in [0.25, 0.3) is 5.65 Å². The molecule has 0 bridgehead atoms. The van der Waals surface area contributed by atoms with Crippen LogP contribution in [0.1, 0.15) is 36.8 Å². The number of aryl methyl sites for hydroxylation is 2. The van der Waals surface area contributed by atoms with Crippen LogP contribution in [0, 0.1) is 13.8 Å². The molecule has 1 aliphatic carbocycles. The Morgan fingerprint density at radius 1 is 1.08 bits per heavy atom. The van der Waals surface area contributed by atoms with Gasteiger partial charge in [-0.1, -0.05) is 17.7 Å². The maximum absolute atomic E-state index is 6.02. The summed E-state index contributed by atoms with van der Waals surface area (Å²) in [6.45, 7) is 4.22. The lowest BCUT2D eigenvalue weighted by molar-refractivity contribution is 0.410. The highest BCUT2D eigenvalue weighted by Gasteiger charge is 2.19. The number of nitrogens with zero attached hydrogens (tertiary/aromatic N) is 3. The van der Waals surface area contributed by atoms with Crippen molar-refractivity contribution in [2.24, 2.45) is 5.73 Å². The minimum Gasteiger partial charge on any atom is -0.366 e. The smallest absolute Gasteiger partial charge is 0.177 e. The second-order valence-electron chi connectivity index (χ2n) is 7.34. The largest absolute Gasteiger partial charge is 0.366 e. The molecule has 136 valence electrons. The van der Waals surface area contributed by atoms with Crippen molar-refractivity contribution in [2.45, 2.75) is 51.6 Å². The van der Waals surface area contributed by atoms with Gasteiger partial charge in [0.05, 0.1) is 5.69 Å². The number of nitrogens with one attached hydrogen (secondary N) is 2. The van der Waals surface area contributed by atoms with Crippen molar-refractivity contribution in [3.63, 3.8) is 0 Å². The van der Waals surface area contributed by atoms with E-state index < -0.39 is 0 Å². The summed E-state index contributed by atoms with van der Waals surface area (Å²) < 4.78 is 1.82. The number of benzene rings is 1. The minimum atomic E-state index is 0.346. The SMILES string of the molecule is Cc1ccc(Nc2cc(NC3CCC(N)CC3)nn3ccnc23)c(C)c1. The topological polar surface area (TPSA) is 80.3 Å². The van der Waals surface area contributed by atoms with E-state index in [2.05, 4.69) is 58.8 Å². The number of aromatic nitrogens is 3. The van der Waals surface area contributed by atoms with E-state index in [0.717, 1.165) is 48.5 Å². The molecule has 0 atom stereocenters. The molecular weight excluding hydrogens is 324 g/mol. The number of nitrogens with two attached hydrogens (primary N) is 1. The molecule has 4 N–H and O–H groups in total. The summed E-state index contributed by atoms with van der Waals surface area (Å²) in [7, 11) is 0. The van der Waals surface area contributed by atoms with Crippen molar-refractivity contribution in [1.29, 1.82) is 0 Å². The van der Waals surface area contributed by atoms with E-state index in [1.807, 2.05) is 10.7 Å². The van der Waals surface area contributed by atoms with Gasteiger partial charge in [-0.15, -0.1) is 5.10 Å². The first-order valence-electron chi connectivity index (χ1n) is 9.29. The van der Waals surface area contributed by atoms with E-state index in [9.17, 15) is 0 Å². The maximum atomic E-state index is 6.02. The molecule has 2 aromatic heterocycles. The van der Waals surface area contributed by atoms with Crippen molar-refractivity contribution < 1.29 is 0 Å². The molecule has 26 heavy (non-hydrogen) atoms. The van der Waals surface area contributed by atoms with Gasteiger partial charge < -0.3 is 16.4 Å². The van der Waals surface area contributed by atoms with Gasteiger partial charge in [0.2, 0.25) is 0 Å². The number of rotatable bonds is 4. The molecule has 1 aliphatic rings. The Morgan fingerprint density at radius 2 is 1.88 bits per heavy atom. The highest BCUT2D eigenvalue weighted by atomic mass is 15.3. The fourth-order valence-electron chi connectivity index (χ4n) is 3.65. The molecule has 1 saturated carbocycles. The highest BCUT2D eigenvalue weighted by molar-refractivity contribution is 5.77. The summed E-state index contributed by atoms with van der Waals surface area (Å²) in [6, 6.07) is 9.23. The monoisotopic (exact) mass is 350 g/mol. The summed E-state index contributed by atoms with van der Waals surface area (Å²) >= 11 is 0. The number of hydrogen-bond donors (Lipinski definition) is 3. The average molecular weight is 350 g/mol. The van der Waals surface area contributed by atoms with Gasteiger partial charge in [0, 0.05) is 36.2 Å². The van der Waals surface area contributed by atoms with Gasteiger partial charge in [0.15, 0.2) is 5.65 Å². The number of hydrogen-bond acceptors (Lipinski definition) is 5. The molecule has 0 radical (unpaired) electrons. The molecule has 6 heteroatoms. The summed E-state index contributed by atoms with van der Waals surface area (Å²) in [6.07, 6.45) is 7.97. The molecular formula is C20H26N6. The Kier molecular flexibility index (Phi) is 4.51. The van der Waals surface area contributed by atoms with Crippen LogP contribution in [0.15, 0.2) is 36.7 Å². The van der Waals surface area contributed by atoms with Gasteiger partial charge in [-0.3, -0.25) is 0 Å². The third-order valence-electron chi connectivity index (χ3n) is 5.13. The van der Waals surface area contributed by atoms with E-state index in [1.54, 1.807) is 6.20 Å². The molecule has 6 nitrogen and oxygen atoms in total. The Bertz CT molecular complexity index is 908. The van der Waals surface area contributed by atoms with Gasteiger partial charge >= 0.3 is 0 Å². The zero-order valence-electron chi connectivity index (χ0n) is 15.4. The van der Waals surface area contributed by atoms with Crippen LogP contribution in [-0.4, -0.2) is 26.7 Å². The number of imidazole rings is 1. The van der Waals surface area contributed by atoms with E-state index in [1.165, 1.54) is 11.1 Å². The first-order chi connectivity index (χ1) is 12.6. The highest BCUT2D eigenvalue weighted by Crippen LogP contribution is 2.27. The van der Waals surface area contributed by atoms with E-state index in [4.69, 9.17) is 5.73 Å². The Labute approximate surface area is 153 Å². The van der Waals surface area contributed by atoms with Crippen LogP contribution >= 0.6 is 0 Å². The Balaban J connectivity index is 1.62. The maximum Gasteiger partial charge on any atom is 0.177 e. The van der Waals surface area contributed by atoms with Crippen molar-refractivity contribution in [1.82, 2.24) is 14.6 Å². The van der Waals surface area contributed by atoms with E-state index >= 15 is 0 Å². The summed E-state index contributed by atoms with van der Waals surface area (Å²) in [5.41, 5.74) is 11.3.